The van der Waals surface area contributed by atoms with E-state index in [1.807, 2.05) is 25.1 Å². The molecule has 0 spiro atoms. The van der Waals surface area contributed by atoms with Crippen LogP contribution in [0.3, 0.4) is 0 Å². The number of piperazine rings is 1. The summed E-state index contributed by atoms with van der Waals surface area (Å²) in [6.07, 6.45) is -0.587. The number of β-amino-alcohol motifs (C(OH)–C–C–N with tert-alkyl or cyclic N) is 1. The molecule has 8 nitrogen and oxygen atoms in total. The molecule has 2 atom stereocenters. The molecule has 0 aliphatic carbocycles. The number of aliphatic hydroxyl groups excluding tert-OH is 1. The van der Waals surface area contributed by atoms with E-state index in [0.29, 0.717) is 40.4 Å². The van der Waals surface area contributed by atoms with Crippen molar-refractivity contribution in [3.05, 3.63) is 57.3 Å². The van der Waals surface area contributed by atoms with Crippen LogP contribution in [0, 0.1) is 6.92 Å². The predicted octanol–water partition coefficient (Wildman–Crippen LogP) is 4.91. The Morgan fingerprint density at radius 1 is 1.19 bits per heavy atom. The van der Waals surface area contributed by atoms with E-state index in [0.717, 1.165) is 40.6 Å². The van der Waals surface area contributed by atoms with Crippen LogP contribution in [-0.4, -0.2) is 75.0 Å². The maximum absolute atomic E-state index is 10.6. The average Bonchev–Trinajstić information content (AvgIpc) is 3.44. The van der Waals surface area contributed by atoms with E-state index < -0.39 is 6.10 Å². The second-order valence-corrected chi connectivity index (χ2v) is 11.1. The van der Waals surface area contributed by atoms with Crippen molar-refractivity contribution < 1.29 is 14.4 Å². The molecule has 1 N–H and O–H groups in total. The quantitative estimate of drug-likeness (QED) is 0.333. The molecule has 2 aromatic carbocycles. The molecule has 1 fully saturated rings. The number of rotatable bonds is 8. The maximum Gasteiger partial charge on any atom is 0.259 e. The highest BCUT2D eigenvalue weighted by Crippen LogP contribution is 2.29. The van der Waals surface area contributed by atoms with Crippen LogP contribution in [0.2, 0.25) is 10.0 Å². The topological polar surface area (TPSA) is 87.8 Å². The van der Waals surface area contributed by atoms with Crippen LogP contribution in [0.25, 0.3) is 21.7 Å². The Morgan fingerprint density at radius 3 is 2.86 bits per heavy atom. The molecular weight excluding hydrogens is 521 g/mol. The molecular formula is C25H27Cl2N5O3S. The first kappa shape index (κ1) is 25.4. The van der Waals surface area contributed by atoms with Gasteiger partial charge in [-0.2, -0.15) is 4.98 Å². The molecule has 1 saturated heterocycles. The fourth-order valence-corrected chi connectivity index (χ4v) is 5.70. The van der Waals surface area contributed by atoms with Crippen molar-refractivity contribution in [1.29, 1.82) is 0 Å². The van der Waals surface area contributed by atoms with Crippen molar-refractivity contribution in [3.63, 3.8) is 0 Å². The van der Waals surface area contributed by atoms with E-state index in [1.54, 1.807) is 29.5 Å². The predicted molar refractivity (Wildman–Crippen MR) is 142 cm³/mol. The summed E-state index contributed by atoms with van der Waals surface area (Å²) in [5.74, 6) is 1.71. The molecule has 0 unspecified atom stereocenters. The number of fused-ring (bicyclic) bond motifs is 1. The molecule has 4 aromatic rings. The molecule has 2 aromatic heterocycles. The minimum absolute atomic E-state index is 0.237. The van der Waals surface area contributed by atoms with Crippen molar-refractivity contribution in [2.45, 2.75) is 32.5 Å². The number of hydrogen-bond acceptors (Lipinski definition) is 9. The van der Waals surface area contributed by atoms with Gasteiger partial charge in [-0.3, -0.25) is 9.80 Å². The largest absolute Gasteiger partial charge is 0.491 e. The normalized spacial score (nSPS) is 18.1. The number of aromatic nitrogens is 3. The van der Waals surface area contributed by atoms with Crippen LogP contribution in [0.4, 0.5) is 0 Å². The van der Waals surface area contributed by atoms with Crippen LogP contribution >= 0.6 is 34.5 Å². The van der Waals surface area contributed by atoms with Gasteiger partial charge in [-0.05, 0) is 44.2 Å². The van der Waals surface area contributed by atoms with Crippen LogP contribution in [0.5, 0.6) is 5.75 Å². The average molecular weight is 548 g/mol. The van der Waals surface area contributed by atoms with E-state index in [4.69, 9.17) is 32.5 Å². The molecule has 0 bridgehead atoms. The van der Waals surface area contributed by atoms with Gasteiger partial charge in [0.15, 0.2) is 5.82 Å². The summed E-state index contributed by atoms with van der Waals surface area (Å²) in [5, 5.41) is 16.8. The molecule has 0 radical (unpaired) electrons. The van der Waals surface area contributed by atoms with Gasteiger partial charge in [0.25, 0.3) is 5.89 Å². The lowest BCUT2D eigenvalue weighted by molar-refractivity contribution is 0.0189. The van der Waals surface area contributed by atoms with Gasteiger partial charge in [0.2, 0.25) is 0 Å². The number of ether oxygens (including phenoxy) is 1. The van der Waals surface area contributed by atoms with E-state index in [9.17, 15) is 5.11 Å². The van der Waals surface area contributed by atoms with E-state index in [-0.39, 0.29) is 12.6 Å². The van der Waals surface area contributed by atoms with Crippen molar-refractivity contribution in [3.8, 4) is 17.2 Å². The lowest BCUT2D eigenvalue weighted by Crippen LogP contribution is -2.53. The lowest BCUT2D eigenvalue weighted by atomic mass is 10.1. The Labute approximate surface area is 223 Å². The second-order valence-electron chi connectivity index (χ2n) is 9.05. The van der Waals surface area contributed by atoms with Gasteiger partial charge in [0.05, 0.1) is 32.4 Å². The Balaban J connectivity index is 1.10. The molecule has 5 rings (SSSR count). The molecule has 0 amide bonds. The third-order valence-electron chi connectivity index (χ3n) is 6.20. The van der Waals surface area contributed by atoms with Gasteiger partial charge in [-0.1, -0.05) is 28.4 Å². The molecule has 0 saturated carbocycles. The number of nitrogens with zero attached hydrogens (tertiary/aromatic N) is 5. The monoisotopic (exact) mass is 547 g/mol. The molecule has 1 aliphatic heterocycles. The third-order valence-corrected chi connectivity index (χ3v) is 7.70. The van der Waals surface area contributed by atoms with E-state index in [2.05, 4.69) is 31.8 Å². The zero-order valence-electron chi connectivity index (χ0n) is 20.0. The highest BCUT2D eigenvalue weighted by atomic mass is 35.5. The highest BCUT2D eigenvalue weighted by molar-refractivity contribution is 7.18. The number of halogens is 2. The van der Waals surface area contributed by atoms with Gasteiger partial charge in [-0.15, -0.1) is 11.3 Å². The summed E-state index contributed by atoms with van der Waals surface area (Å²) in [7, 11) is 0. The zero-order valence-corrected chi connectivity index (χ0v) is 22.4. The fourth-order valence-electron chi connectivity index (χ4n) is 4.40. The molecule has 190 valence electrons. The summed E-state index contributed by atoms with van der Waals surface area (Å²) >= 11 is 13.9. The number of thiazole rings is 1. The summed E-state index contributed by atoms with van der Waals surface area (Å²) in [6.45, 7) is 8.02. The van der Waals surface area contributed by atoms with Gasteiger partial charge < -0.3 is 14.4 Å². The van der Waals surface area contributed by atoms with Crippen LogP contribution in [-0.2, 0) is 6.54 Å². The van der Waals surface area contributed by atoms with Crippen molar-refractivity contribution in [2.24, 2.45) is 0 Å². The van der Waals surface area contributed by atoms with E-state index in [1.165, 1.54) is 0 Å². The van der Waals surface area contributed by atoms with Gasteiger partial charge >= 0.3 is 0 Å². The summed E-state index contributed by atoms with van der Waals surface area (Å²) in [4.78, 5) is 13.6. The molecule has 36 heavy (non-hydrogen) atoms. The Bertz CT molecular complexity index is 1350. The molecule has 11 heteroatoms. The number of benzene rings is 2. The number of aryl methyl sites for hydroxylation is 1. The third kappa shape index (κ3) is 5.99. The Morgan fingerprint density at radius 2 is 2.06 bits per heavy atom. The Kier molecular flexibility index (Phi) is 7.76. The zero-order chi connectivity index (χ0) is 25.2. The second kappa shape index (κ2) is 11.0. The van der Waals surface area contributed by atoms with Crippen molar-refractivity contribution >= 4 is 44.8 Å². The van der Waals surface area contributed by atoms with Crippen LogP contribution in [0.1, 0.15) is 17.8 Å². The number of aliphatic hydroxyl groups is 1. The minimum Gasteiger partial charge on any atom is -0.491 e. The summed E-state index contributed by atoms with van der Waals surface area (Å²) in [5.41, 5.74) is 1.59. The molecule has 1 aliphatic rings. The first-order valence-electron chi connectivity index (χ1n) is 11.8. The molecule has 3 heterocycles. The van der Waals surface area contributed by atoms with Gasteiger partial charge in [-0.25, -0.2) is 4.98 Å². The highest BCUT2D eigenvalue weighted by Gasteiger charge is 2.26. The summed E-state index contributed by atoms with van der Waals surface area (Å²) < 4.78 is 12.4. The fraction of sp³-hybridized carbons (Fsp3) is 0.400. The van der Waals surface area contributed by atoms with E-state index >= 15 is 0 Å². The van der Waals surface area contributed by atoms with Crippen molar-refractivity contribution in [2.75, 3.05) is 32.8 Å². The lowest BCUT2D eigenvalue weighted by Gasteiger charge is -2.40. The number of hydrogen-bond donors (Lipinski definition) is 1. The van der Waals surface area contributed by atoms with Crippen molar-refractivity contribution in [1.82, 2.24) is 24.9 Å². The minimum atomic E-state index is -0.587. The first-order chi connectivity index (χ1) is 17.3. The SMILES string of the molecule is Cc1nc2cc(OC[C@H](O)CN3CCN(Cc4noc(-c5ccc(Cl)cc5Cl)n4)C[C@@H]3C)ccc2s1. The van der Waals surface area contributed by atoms with Gasteiger partial charge in [0.1, 0.15) is 18.5 Å². The summed E-state index contributed by atoms with van der Waals surface area (Å²) in [6, 6.07) is 11.3. The van der Waals surface area contributed by atoms with Gasteiger partial charge in [0, 0.05) is 43.3 Å². The Hall–Kier alpha value is -2.27. The maximum atomic E-state index is 10.6. The standard InChI is InChI=1S/C25H27Cl2N5O3S/c1-15-11-31(13-24-29-25(35-30-24)20-5-3-17(26)9-21(20)27)7-8-32(15)12-18(33)14-34-19-4-6-23-22(10-19)28-16(2)36-23/h3-6,9-10,15,18,33H,7-8,11-14H2,1-2H3/t15-,18+/m0/s1. The van der Waals surface area contributed by atoms with Crippen LogP contribution in [0.15, 0.2) is 40.9 Å². The van der Waals surface area contributed by atoms with Crippen LogP contribution < -0.4 is 4.74 Å². The first-order valence-corrected chi connectivity index (χ1v) is 13.3. The smallest absolute Gasteiger partial charge is 0.259 e.